The van der Waals surface area contributed by atoms with Gasteiger partial charge in [0.1, 0.15) is 5.69 Å². The summed E-state index contributed by atoms with van der Waals surface area (Å²) in [6, 6.07) is 0.786. The van der Waals surface area contributed by atoms with E-state index >= 15 is 0 Å². The number of alkyl halides is 3. The SMILES string of the molecule is Nc1c(C(=O)O)cc(C(F)F)nc1CBr. The second-order valence-corrected chi connectivity index (χ2v) is 3.26. The van der Waals surface area contributed by atoms with Crippen LogP contribution in [0.2, 0.25) is 0 Å². The van der Waals surface area contributed by atoms with Crippen LogP contribution in [0.3, 0.4) is 0 Å². The van der Waals surface area contributed by atoms with Crippen LogP contribution in [0.5, 0.6) is 0 Å². The molecule has 1 rings (SSSR count). The normalized spacial score (nSPS) is 10.7. The summed E-state index contributed by atoms with van der Waals surface area (Å²) in [4.78, 5) is 14.2. The van der Waals surface area contributed by atoms with Crippen molar-refractivity contribution in [3.63, 3.8) is 0 Å². The van der Waals surface area contributed by atoms with E-state index in [4.69, 9.17) is 10.8 Å². The van der Waals surface area contributed by atoms with E-state index in [0.717, 1.165) is 6.07 Å². The fraction of sp³-hybridized carbons (Fsp3) is 0.250. The first-order valence-corrected chi connectivity index (χ1v) is 4.96. The average molecular weight is 281 g/mol. The van der Waals surface area contributed by atoms with E-state index in [0.29, 0.717) is 0 Å². The maximum atomic E-state index is 12.3. The molecule has 0 radical (unpaired) electrons. The molecule has 0 aliphatic carbocycles. The Balaban J connectivity index is 3.38. The van der Waals surface area contributed by atoms with Crippen molar-refractivity contribution in [3.05, 3.63) is 23.0 Å². The van der Waals surface area contributed by atoms with Gasteiger partial charge in [0.15, 0.2) is 0 Å². The summed E-state index contributed by atoms with van der Waals surface area (Å²) in [5.74, 6) is -1.35. The highest BCUT2D eigenvalue weighted by atomic mass is 79.9. The van der Waals surface area contributed by atoms with Crippen LogP contribution in [-0.2, 0) is 5.33 Å². The first kappa shape index (κ1) is 11.8. The summed E-state index contributed by atoms with van der Waals surface area (Å²) in [7, 11) is 0. The molecule has 82 valence electrons. The molecule has 0 atom stereocenters. The molecular weight excluding hydrogens is 274 g/mol. The van der Waals surface area contributed by atoms with Gasteiger partial charge in [-0.3, -0.25) is 0 Å². The molecule has 15 heavy (non-hydrogen) atoms. The minimum Gasteiger partial charge on any atom is -0.478 e. The van der Waals surface area contributed by atoms with E-state index in [1.165, 1.54) is 0 Å². The van der Waals surface area contributed by atoms with Crippen molar-refractivity contribution >= 4 is 27.6 Å². The van der Waals surface area contributed by atoms with Gasteiger partial charge in [-0.15, -0.1) is 0 Å². The second-order valence-electron chi connectivity index (χ2n) is 2.69. The Morgan fingerprint density at radius 2 is 2.27 bits per heavy atom. The number of halogens is 3. The fourth-order valence-electron chi connectivity index (χ4n) is 1.02. The highest BCUT2D eigenvalue weighted by Gasteiger charge is 2.18. The number of pyridine rings is 1. The molecule has 1 aromatic heterocycles. The number of carboxylic acids is 1. The number of aromatic carboxylic acids is 1. The van der Waals surface area contributed by atoms with Gasteiger partial charge < -0.3 is 10.8 Å². The Labute approximate surface area is 92.2 Å². The number of carbonyl (C=O) groups is 1. The summed E-state index contributed by atoms with van der Waals surface area (Å²) < 4.78 is 24.7. The summed E-state index contributed by atoms with van der Waals surface area (Å²) in [5, 5.41) is 8.85. The molecule has 0 bridgehead atoms. The lowest BCUT2D eigenvalue weighted by Crippen LogP contribution is -2.09. The van der Waals surface area contributed by atoms with Crippen LogP contribution in [0.25, 0.3) is 0 Å². The van der Waals surface area contributed by atoms with Gasteiger partial charge in [0.05, 0.1) is 16.9 Å². The molecule has 0 fully saturated rings. The van der Waals surface area contributed by atoms with Gasteiger partial charge in [-0.1, -0.05) is 15.9 Å². The Hall–Kier alpha value is -1.24. The van der Waals surface area contributed by atoms with Crippen LogP contribution in [0, 0.1) is 0 Å². The van der Waals surface area contributed by atoms with Crippen molar-refractivity contribution in [3.8, 4) is 0 Å². The minimum absolute atomic E-state index is 0.0937. The molecule has 3 N–H and O–H groups in total. The van der Waals surface area contributed by atoms with Crippen molar-refractivity contribution in [2.24, 2.45) is 0 Å². The largest absolute Gasteiger partial charge is 0.478 e. The Bertz CT molecular complexity index is 398. The smallest absolute Gasteiger partial charge is 0.337 e. The topological polar surface area (TPSA) is 76.2 Å². The molecule has 1 heterocycles. The number of nitrogens with two attached hydrogens (primary N) is 1. The molecule has 0 saturated heterocycles. The number of aromatic nitrogens is 1. The maximum absolute atomic E-state index is 12.3. The van der Waals surface area contributed by atoms with E-state index in [9.17, 15) is 13.6 Å². The highest BCUT2D eigenvalue weighted by molar-refractivity contribution is 9.08. The molecule has 0 aliphatic heterocycles. The third-order valence-corrected chi connectivity index (χ3v) is 2.27. The fourth-order valence-corrected chi connectivity index (χ4v) is 1.45. The zero-order valence-electron chi connectivity index (χ0n) is 7.38. The Morgan fingerprint density at radius 1 is 1.67 bits per heavy atom. The molecule has 0 unspecified atom stereocenters. The zero-order valence-corrected chi connectivity index (χ0v) is 8.96. The minimum atomic E-state index is -2.82. The summed E-state index contributed by atoms with van der Waals surface area (Å²) in [6.45, 7) is 0. The number of rotatable bonds is 3. The Morgan fingerprint density at radius 3 is 2.67 bits per heavy atom. The zero-order chi connectivity index (χ0) is 11.6. The number of anilines is 1. The van der Waals surface area contributed by atoms with Crippen LogP contribution >= 0.6 is 15.9 Å². The first-order valence-electron chi connectivity index (χ1n) is 3.84. The molecule has 0 amide bonds. The molecule has 1 aromatic rings. The van der Waals surface area contributed by atoms with Crippen LogP contribution in [0.15, 0.2) is 6.07 Å². The van der Waals surface area contributed by atoms with Gasteiger partial charge in [0, 0.05) is 5.33 Å². The third-order valence-electron chi connectivity index (χ3n) is 1.74. The maximum Gasteiger partial charge on any atom is 0.337 e. The third kappa shape index (κ3) is 2.41. The van der Waals surface area contributed by atoms with E-state index in [2.05, 4.69) is 20.9 Å². The molecule has 7 heteroatoms. The predicted octanol–water partition coefficient (Wildman–Crippen LogP) is 2.19. The van der Waals surface area contributed by atoms with Crippen LogP contribution in [0.1, 0.15) is 28.2 Å². The number of nitrogens with zero attached hydrogens (tertiary/aromatic N) is 1. The van der Waals surface area contributed by atoms with Gasteiger partial charge in [-0.2, -0.15) is 0 Å². The Kier molecular flexibility index (Phi) is 3.57. The average Bonchev–Trinajstić information content (AvgIpc) is 2.17. The van der Waals surface area contributed by atoms with E-state index in [1.54, 1.807) is 0 Å². The summed E-state index contributed by atoms with van der Waals surface area (Å²) >= 11 is 2.99. The van der Waals surface area contributed by atoms with Gasteiger partial charge >= 0.3 is 5.97 Å². The molecule has 0 aliphatic rings. The molecular formula is C8H7BrF2N2O2. The van der Waals surface area contributed by atoms with Crippen molar-refractivity contribution < 1.29 is 18.7 Å². The first-order chi connectivity index (χ1) is 6.97. The van der Waals surface area contributed by atoms with E-state index in [1.807, 2.05) is 0 Å². The summed E-state index contributed by atoms with van der Waals surface area (Å²) in [5.41, 5.74) is 4.51. The number of nitrogen functional groups attached to an aromatic ring is 1. The molecule has 0 spiro atoms. The van der Waals surface area contributed by atoms with Crippen LogP contribution < -0.4 is 5.73 Å². The van der Waals surface area contributed by atoms with Gasteiger partial charge in [-0.05, 0) is 6.07 Å². The highest BCUT2D eigenvalue weighted by Crippen LogP contribution is 2.25. The number of hydrogen-bond acceptors (Lipinski definition) is 3. The van der Waals surface area contributed by atoms with E-state index in [-0.39, 0.29) is 22.3 Å². The van der Waals surface area contributed by atoms with Gasteiger partial charge in [0.2, 0.25) is 0 Å². The lowest BCUT2D eigenvalue weighted by Gasteiger charge is -2.08. The quantitative estimate of drug-likeness (QED) is 0.833. The van der Waals surface area contributed by atoms with Gasteiger partial charge in [-0.25, -0.2) is 18.6 Å². The molecule has 0 saturated carbocycles. The van der Waals surface area contributed by atoms with Crippen molar-refractivity contribution in [1.82, 2.24) is 4.98 Å². The van der Waals surface area contributed by atoms with Crippen molar-refractivity contribution in [2.45, 2.75) is 11.8 Å². The van der Waals surface area contributed by atoms with E-state index < -0.39 is 18.1 Å². The van der Waals surface area contributed by atoms with Crippen molar-refractivity contribution in [2.75, 3.05) is 5.73 Å². The van der Waals surface area contributed by atoms with Gasteiger partial charge in [0.25, 0.3) is 6.43 Å². The van der Waals surface area contributed by atoms with Crippen molar-refractivity contribution in [1.29, 1.82) is 0 Å². The molecule has 0 aromatic carbocycles. The van der Waals surface area contributed by atoms with Crippen LogP contribution in [0.4, 0.5) is 14.5 Å². The monoisotopic (exact) mass is 280 g/mol. The number of hydrogen-bond donors (Lipinski definition) is 2. The standard InChI is InChI=1S/C8H7BrF2N2O2/c9-2-5-6(12)3(8(14)15)1-4(13-5)7(10)11/h1,7H,2,12H2,(H,14,15). The lowest BCUT2D eigenvalue weighted by molar-refractivity contribution is 0.0697. The number of carboxylic acid groups (broad SMARTS) is 1. The molecule has 4 nitrogen and oxygen atoms in total. The second kappa shape index (κ2) is 4.52. The predicted molar refractivity (Wildman–Crippen MR) is 53.2 cm³/mol. The van der Waals surface area contributed by atoms with Crippen LogP contribution in [-0.4, -0.2) is 16.1 Å². The lowest BCUT2D eigenvalue weighted by atomic mass is 10.1. The summed E-state index contributed by atoms with van der Waals surface area (Å²) in [6.07, 6.45) is -2.82.